The van der Waals surface area contributed by atoms with Crippen molar-refractivity contribution < 1.29 is 51.9 Å². The van der Waals surface area contributed by atoms with E-state index in [-0.39, 0.29) is 66.4 Å². The highest BCUT2D eigenvalue weighted by molar-refractivity contribution is 7.87. The van der Waals surface area contributed by atoms with Crippen molar-refractivity contribution in [1.82, 2.24) is 9.97 Å². The molecule has 30 heteroatoms. The van der Waals surface area contributed by atoms with Crippen LogP contribution in [0.4, 0.5) is 56.9 Å². The second-order valence-electron chi connectivity index (χ2n) is 17.8. The molecule has 0 aliphatic carbocycles. The number of fused-ring (bicyclic) bond motifs is 2. The Bertz CT molecular complexity index is 4550. The Hall–Kier alpha value is -8.82. The summed E-state index contributed by atoms with van der Waals surface area (Å²) in [6.07, 6.45) is 0. The monoisotopic (exact) mass is 1210 g/mol. The van der Waals surface area contributed by atoms with Crippen LogP contribution in [-0.4, -0.2) is 61.9 Å². The van der Waals surface area contributed by atoms with Crippen molar-refractivity contribution >= 4 is 140 Å². The Morgan fingerprint density at radius 1 is 0.378 bits per heavy atom. The molecule has 0 amide bonds. The van der Waals surface area contributed by atoms with E-state index in [4.69, 9.17) is 11.5 Å². The molecule has 414 valence electrons. The topological polar surface area (TPSA) is 394 Å². The molecule has 0 bridgehead atoms. The van der Waals surface area contributed by atoms with Crippen molar-refractivity contribution in [2.24, 2.45) is 40.9 Å². The second-order valence-corrected chi connectivity index (χ2v) is 25.3. The van der Waals surface area contributed by atoms with Crippen LogP contribution in [0.1, 0.15) is 11.1 Å². The van der Waals surface area contributed by atoms with Crippen LogP contribution in [-0.2, 0) is 40.5 Å². The van der Waals surface area contributed by atoms with E-state index in [9.17, 15) is 51.9 Å². The Kier molecular flexibility index (Phi) is 15.1. The third-order valence-electron chi connectivity index (χ3n) is 12.1. The van der Waals surface area contributed by atoms with Crippen LogP contribution in [0.2, 0.25) is 0 Å². The Labute approximate surface area is 474 Å². The van der Waals surface area contributed by atoms with E-state index in [1.807, 2.05) is 0 Å². The molecule has 0 fully saturated rings. The average Bonchev–Trinajstić information content (AvgIpc) is 4.27. The van der Waals surface area contributed by atoms with Gasteiger partial charge in [-0.2, -0.15) is 64.4 Å². The van der Waals surface area contributed by atoms with Crippen molar-refractivity contribution in [3.63, 3.8) is 0 Å². The molecule has 8 aromatic carbocycles. The number of aryl methyl sites for hydroxylation is 2. The summed E-state index contributed by atoms with van der Waals surface area (Å²) in [5.74, 6) is 0. The number of aromatic nitrogens is 2. The lowest BCUT2D eigenvalue weighted by Crippen LogP contribution is -2.05. The summed E-state index contributed by atoms with van der Waals surface area (Å²) in [6.45, 7) is 3.16. The first-order valence-electron chi connectivity index (χ1n) is 23.4. The molecule has 82 heavy (non-hydrogen) atoms. The zero-order chi connectivity index (χ0) is 58.5. The Morgan fingerprint density at radius 3 is 1.04 bits per heavy atom. The molecule has 0 aliphatic rings. The maximum absolute atomic E-state index is 12.8. The number of azo groups is 4. The fourth-order valence-corrected chi connectivity index (χ4v) is 14.3. The lowest BCUT2D eigenvalue weighted by atomic mass is 10.0. The minimum Gasteiger partial charge on any atom is -0.397 e. The average molecular weight is 1220 g/mol. The normalized spacial score (nSPS) is 12.8. The summed E-state index contributed by atoms with van der Waals surface area (Å²) in [5.41, 5.74) is 16.5. The number of hydrogen-bond acceptors (Lipinski definition) is 22. The number of anilines is 2. The molecule has 0 atom stereocenters. The van der Waals surface area contributed by atoms with Crippen molar-refractivity contribution in [1.29, 1.82) is 0 Å². The van der Waals surface area contributed by atoms with Crippen LogP contribution in [0.5, 0.6) is 0 Å². The van der Waals surface area contributed by atoms with Crippen LogP contribution < -0.4 is 11.5 Å². The minimum absolute atomic E-state index is 0.0927. The van der Waals surface area contributed by atoms with Gasteiger partial charge in [-0.25, -0.2) is 9.97 Å². The first kappa shape index (κ1) is 56.5. The van der Waals surface area contributed by atoms with Crippen LogP contribution in [0.15, 0.2) is 206 Å². The molecule has 0 saturated carbocycles. The Balaban J connectivity index is 0.840. The predicted octanol–water partition coefficient (Wildman–Crippen LogP) is 14.3. The summed E-state index contributed by atoms with van der Waals surface area (Å²) in [4.78, 5) is 7.12. The smallest absolute Gasteiger partial charge is 0.296 e. The summed E-state index contributed by atoms with van der Waals surface area (Å²) in [7, 11) is -19.2. The van der Waals surface area contributed by atoms with E-state index in [0.29, 0.717) is 64.1 Å². The number of nitrogen functional groups attached to an aromatic ring is 2. The third-order valence-corrected chi connectivity index (χ3v) is 18.5. The molecule has 0 aliphatic heterocycles. The highest BCUT2D eigenvalue weighted by Crippen LogP contribution is 2.41. The molecule has 0 spiro atoms. The van der Waals surface area contributed by atoms with Crippen molar-refractivity contribution in [3.05, 3.63) is 157 Å². The molecule has 8 N–H and O–H groups in total. The predicted molar refractivity (Wildman–Crippen MR) is 309 cm³/mol. The lowest BCUT2D eigenvalue weighted by Gasteiger charge is -2.12. The quantitative estimate of drug-likeness (QED) is 0.0315. The van der Waals surface area contributed by atoms with Crippen LogP contribution in [0, 0.1) is 13.8 Å². The number of rotatable bonds is 15. The maximum atomic E-state index is 12.8. The molecule has 10 aromatic rings. The van der Waals surface area contributed by atoms with Gasteiger partial charge in [0.2, 0.25) is 0 Å². The Morgan fingerprint density at radius 2 is 0.695 bits per heavy atom. The minimum atomic E-state index is -5.09. The molecule has 10 rings (SSSR count). The van der Waals surface area contributed by atoms with Crippen LogP contribution in [0.3, 0.4) is 0 Å². The van der Waals surface area contributed by atoms with E-state index in [1.165, 1.54) is 48.5 Å². The largest absolute Gasteiger partial charge is 0.397 e. The van der Waals surface area contributed by atoms with Gasteiger partial charge in [-0.1, -0.05) is 24.3 Å². The zero-order valence-corrected chi connectivity index (χ0v) is 46.9. The standard InChI is InChI=1S/C52H38N12O12S6/c1-27-3-21-41-47(49(27)81(71,72)73)77-51(55-41)29-5-9-31(10-6-29)57-63-43-23-33(15-19-39(43)53)59-61-35-13-17-37(45(25-35)79(65,66)67)38-18-14-36(26-46(38)80(68,69)70)62-60-34-16-20-40(54)44(24-34)64-58-32-11-7-30(8-12-32)52-56-42-22-4-28(2)50(48(42)78-52)82(74,75)76/h3-26H,53-54H2,1-2H3,(H,65,66,67)(H,68,69,70)(H,71,72,73)(H,74,75,76). The van der Waals surface area contributed by atoms with Gasteiger partial charge in [0.25, 0.3) is 40.5 Å². The first-order chi connectivity index (χ1) is 38.8. The van der Waals surface area contributed by atoms with E-state index in [0.717, 1.165) is 46.9 Å². The van der Waals surface area contributed by atoms with Gasteiger partial charge in [0.1, 0.15) is 41.0 Å². The van der Waals surface area contributed by atoms with Crippen molar-refractivity contribution in [3.8, 4) is 32.3 Å². The summed E-state index contributed by atoms with van der Waals surface area (Å²) < 4.78 is 141. The van der Waals surface area contributed by atoms with E-state index >= 15 is 0 Å². The molecule has 0 radical (unpaired) electrons. The molecule has 24 nitrogen and oxygen atoms in total. The molecule has 2 heterocycles. The fourth-order valence-electron chi connectivity index (χ4n) is 8.20. The number of nitrogens with zero attached hydrogens (tertiary/aromatic N) is 10. The zero-order valence-electron chi connectivity index (χ0n) is 42.0. The molecule has 2 aromatic heterocycles. The van der Waals surface area contributed by atoms with Gasteiger partial charge in [0.15, 0.2) is 0 Å². The summed E-state index contributed by atoms with van der Waals surface area (Å²) in [6, 6.07) is 35.6. The lowest BCUT2D eigenvalue weighted by molar-refractivity contribution is 0.480. The van der Waals surface area contributed by atoms with Crippen LogP contribution in [0.25, 0.3) is 52.7 Å². The van der Waals surface area contributed by atoms with Gasteiger partial charge in [-0.15, -0.1) is 32.9 Å². The number of hydrogen-bond donors (Lipinski definition) is 6. The second kappa shape index (κ2) is 21.9. The van der Waals surface area contributed by atoms with Crippen molar-refractivity contribution in [2.75, 3.05) is 11.5 Å². The van der Waals surface area contributed by atoms with Gasteiger partial charge in [0, 0.05) is 22.3 Å². The number of nitrogens with two attached hydrogens (primary N) is 2. The highest BCUT2D eigenvalue weighted by atomic mass is 32.2. The fraction of sp³-hybridized carbons (Fsp3) is 0.0385. The SMILES string of the molecule is Cc1ccc2nc(-c3ccc(N=Nc4cc(N=Nc5ccc(-c6ccc(N=Nc7ccc(N)c(N=Nc8ccc(-c9nc%10ccc(C)c(S(=O)(=O)O)c%10s9)cc8)c7)cc6S(=O)(=O)O)c(S(=O)(=O)O)c5)ccc4N)cc3)sc2c1S(=O)(=O)O. The van der Waals surface area contributed by atoms with Gasteiger partial charge in [-0.05, 0) is 146 Å². The van der Waals surface area contributed by atoms with Gasteiger partial charge < -0.3 is 11.5 Å². The van der Waals surface area contributed by atoms with Gasteiger partial charge >= 0.3 is 0 Å². The molecule has 0 unspecified atom stereocenters. The van der Waals surface area contributed by atoms with Gasteiger partial charge in [-0.3, -0.25) is 18.2 Å². The number of benzene rings is 8. The maximum Gasteiger partial charge on any atom is 0.296 e. The summed E-state index contributed by atoms with van der Waals surface area (Å²) in [5, 5.41) is 34.5. The van der Waals surface area contributed by atoms with Gasteiger partial charge in [0.05, 0.1) is 65.9 Å². The third kappa shape index (κ3) is 12.2. The number of thiazole rings is 2. The molecule has 0 saturated heterocycles. The highest BCUT2D eigenvalue weighted by Gasteiger charge is 2.26. The molecular weight excluding hydrogens is 1180 g/mol. The van der Waals surface area contributed by atoms with E-state index < -0.39 is 50.3 Å². The van der Waals surface area contributed by atoms with E-state index in [1.54, 1.807) is 86.6 Å². The molecular formula is C52H38N12O12S6. The van der Waals surface area contributed by atoms with Crippen LogP contribution >= 0.6 is 22.7 Å². The van der Waals surface area contributed by atoms with E-state index in [2.05, 4.69) is 50.9 Å². The van der Waals surface area contributed by atoms with Crippen molar-refractivity contribution in [2.45, 2.75) is 33.4 Å². The first-order valence-corrected chi connectivity index (χ1v) is 30.8. The summed E-state index contributed by atoms with van der Waals surface area (Å²) >= 11 is 2.22.